The summed E-state index contributed by atoms with van der Waals surface area (Å²) >= 11 is 0. The van der Waals surface area contributed by atoms with E-state index in [2.05, 4.69) is 98.1 Å². The Morgan fingerprint density at radius 2 is 1.51 bits per heavy atom. The highest BCUT2D eigenvalue weighted by Crippen LogP contribution is 2.47. The standard InChI is InChI=1S/C43H49N5O3/c49-37-14-16-39-33(28-37)11-15-38(31-6-2-1-3-7-31)42(39)32-9-12-35(13-10-32)47-21-19-36(20-22-47)48-25-23-46(24-26-48)29-30-5-4-8-34(27-30)44-40-17-18-41(50)45-43(40)51/h1-10,12-14,16,27-28,36,38,40,42,44,49H,11,15,17-26,29H2,(H,45,50,51). The number of piperazine rings is 1. The van der Waals surface area contributed by atoms with Gasteiger partial charge in [-0.1, -0.05) is 60.7 Å². The average Bonchev–Trinajstić information content (AvgIpc) is 3.16. The summed E-state index contributed by atoms with van der Waals surface area (Å²) in [4.78, 5) is 31.5. The Bertz CT molecular complexity index is 1830. The number of phenols is 1. The second kappa shape index (κ2) is 14.9. The zero-order valence-corrected chi connectivity index (χ0v) is 29.3. The van der Waals surface area contributed by atoms with Crippen molar-refractivity contribution >= 4 is 23.2 Å². The number of carbonyl (C=O) groups excluding carboxylic acids is 2. The van der Waals surface area contributed by atoms with Gasteiger partial charge in [-0.05, 0) is 102 Å². The molecule has 8 rings (SSSR count). The Kier molecular flexibility index (Phi) is 9.78. The van der Waals surface area contributed by atoms with Gasteiger partial charge in [0.25, 0.3) is 0 Å². The van der Waals surface area contributed by atoms with Crippen LogP contribution in [0.25, 0.3) is 0 Å². The molecular weight excluding hydrogens is 635 g/mol. The van der Waals surface area contributed by atoms with Crippen LogP contribution in [-0.4, -0.2) is 78.1 Å². The number of amides is 2. The number of piperidine rings is 2. The lowest BCUT2D eigenvalue weighted by molar-refractivity contribution is -0.133. The number of benzene rings is 4. The molecule has 8 heteroatoms. The first-order valence-corrected chi connectivity index (χ1v) is 18.8. The van der Waals surface area contributed by atoms with Gasteiger partial charge in [-0.15, -0.1) is 0 Å². The number of anilines is 2. The molecule has 4 aromatic carbocycles. The molecule has 3 fully saturated rings. The Hall–Kier alpha value is -4.66. The summed E-state index contributed by atoms with van der Waals surface area (Å²) in [5.74, 6) is 0.615. The van der Waals surface area contributed by atoms with Gasteiger partial charge in [-0.2, -0.15) is 0 Å². The topological polar surface area (TPSA) is 88.2 Å². The van der Waals surface area contributed by atoms with Gasteiger partial charge in [-0.25, -0.2) is 0 Å². The summed E-state index contributed by atoms with van der Waals surface area (Å²) in [5.41, 5.74) is 8.84. The van der Waals surface area contributed by atoms with Crippen molar-refractivity contribution in [2.24, 2.45) is 0 Å². The minimum atomic E-state index is -0.364. The van der Waals surface area contributed by atoms with Gasteiger partial charge in [0.15, 0.2) is 0 Å². The molecule has 3 heterocycles. The highest BCUT2D eigenvalue weighted by atomic mass is 16.3. The van der Waals surface area contributed by atoms with E-state index in [1.54, 1.807) is 0 Å². The molecule has 51 heavy (non-hydrogen) atoms. The molecule has 0 saturated carbocycles. The first-order chi connectivity index (χ1) is 25.0. The second-order valence-electron chi connectivity index (χ2n) is 14.9. The van der Waals surface area contributed by atoms with E-state index >= 15 is 0 Å². The van der Waals surface area contributed by atoms with Crippen LogP contribution in [0.3, 0.4) is 0 Å². The fourth-order valence-electron chi connectivity index (χ4n) is 9.00. The quantitative estimate of drug-likeness (QED) is 0.189. The molecule has 8 nitrogen and oxygen atoms in total. The Labute approximate surface area is 301 Å². The van der Waals surface area contributed by atoms with E-state index in [1.807, 2.05) is 24.3 Å². The van der Waals surface area contributed by atoms with E-state index in [0.29, 0.717) is 30.6 Å². The number of phenolic OH excluding ortho intramolecular Hbond substituents is 1. The van der Waals surface area contributed by atoms with Gasteiger partial charge in [0.05, 0.1) is 0 Å². The molecule has 2 amide bonds. The molecule has 3 unspecified atom stereocenters. The lowest BCUT2D eigenvalue weighted by Gasteiger charge is -2.43. The molecule has 3 atom stereocenters. The number of aryl methyl sites for hydroxylation is 1. The van der Waals surface area contributed by atoms with Crippen molar-refractivity contribution in [2.45, 2.75) is 69.0 Å². The zero-order chi connectivity index (χ0) is 34.7. The van der Waals surface area contributed by atoms with Crippen molar-refractivity contribution in [1.82, 2.24) is 15.1 Å². The van der Waals surface area contributed by atoms with Crippen LogP contribution >= 0.6 is 0 Å². The lowest BCUT2D eigenvalue weighted by Crippen LogP contribution is -2.53. The van der Waals surface area contributed by atoms with Crippen LogP contribution in [0.5, 0.6) is 5.75 Å². The third-order valence-electron chi connectivity index (χ3n) is 11.7. The summed E-state index contributed by atoms with van der Waals surface area (Å²) in [6.45, 7) is 7.35. The number of hydrogen-bond acceptors (Lipinski definition) is 7. The van der Waals surface area contributed by atoms with Crippen LogP contribution in [0.1, 0.15) is 71.8 Å². The van der Waals surface area contributed by atoms with Crippen molar-refractivity contribution < 1.29 is 14.7 Å². The Morgan fingerprint density at radius 1 is 0.725 bits per heavy atom. The summed E-state index contributed by atoms with van der Waals surface area (Å²) < 4.78 is 0. The monoisotopic (exact) mass is 683 g/mol. The highest BCUT2D eigenvalue weighted by Gasteiger charge is 2.33. The van der Waals surface area contributed by atoms with E-state index in [4.69, 9.17) is 0 Å². The van der Waals surface area contributed by atoms with Crippen LogP contribution < -0.4 is 15.5 Å². The minimum Gasteiger partial charge on any atom is -0.508 e. The molecule has 0 spiro atoms. The maximum atomic E-state index is 12.2. The molecule has 0 aromatic heterocycles. The minimum absolute atomic E-state index is 0.190. The van der Waals surface area contributed by atoms with Crippen LogP contribution in [-0.2, 0) is 22.6 Å². The number of imide groups is 1. The van der Waals surface area contributed by atoms with Gasteiger partial charge in [-0.3, -0.25) is 24.7 Å². The van der Waals surface area contributed by atoms with Gasteiger partial charge in [0.1, 0.15) is 11.8 Å². The van der Waals surface area contributed by atoms with E-state index in [1.165, 1.54) is 46.3 Å². The van der Waals surface area contributed by atoms with E-state index in [-0.39, 0.29) is 23.8 Å². The van der Waals surface area contributed by atoms with E-state index in [0.717, 1.165) is 64.3 Å². The first kappa shape index (κ1) is 33.5. The zero-order valence-electron chi connectivity index (χ0n) is 29.3. The molecule has 4 aliphatic rings. The van der Waals surface area contributed by atoms with Gasteiger partial charge < -0.3 is 15.3 Å². The number of nitrogens with one attached hydrogen (secondary N) is 2. The summed E-state index contributed by atoms with van der Waals surface area (Å²) in [7, 11) is 0. The Balaban J connectivity index is 0.844. The van der Waals surface area contributed by atoms with E-state index in [9.17, 15) is 14.7 Å². The fraction of sp³-hybridized carbons (Fsp3) is 0.395. The van der Waals surface area contributed by atoms with Crippen molar-refractivity contribution in [1.29, 1.82) is 0 Å². The molecule has 4 aromatic rings. The van der Waals surface area contributed by atoms with Crippen molar-refractivity contribution in [2.75, 3.05) is 49.5 Å². The third kappa shape index (κ3) is 7.53. The predicted octanol–water partition coefficient (Wildman–Crippen LogP) is 6.26. The normalized spacial score (nSPS) is 23.5. The fourth-order valence-corrected chi connectivity index (χ4v) is 9.00. The van der Waals surface area contributed by atoms with Crippen molar-refractivity contribution in [3.63, 3.8) is 0 Å². The molecule has 0 radical (unpaired) electrons. The highest BCUT2D eigenvalue weighted by molar-refractivity contribution is 6.01. The summed E-state index contributed by atoms with van der Waals surface area (Å²) in [5, 5.41) is 16.0. The lowest BCUT2D eigenvalue weighted by atomic mass is 9.69. The van der Waals surface area contributed by atoms with Gasteiger partial charge >= 0.3 is 0 Å². The second-order valence-corrected chi connectivity index (χ2v) is 14.9. The summed E-state index contributed by atoms with van der Waals surface area (Å²) in [6, 6.07) is 34.9. The number of nitrogens with zero attached hydrogens (tertiary/aromatic N) is 3. The maximum Gasteiger partial charge on any atom is 0.249 e. The van der Waals surface area contributed by atoms with Crippen LogP contribution in [0.4, 0.5) is 11.4 Å². The molecule has 3 N–H and O–H groups in total. The molecular formula is C43H49N5O3. The Morgan fingerprint density at radius 3 is 2.27 bits per heavy atom. The van der Waals surface area contributed by atoms with E-state index < -0.39 is 0 Å². The largest absolute Gasteiger partial charge is 0.508 e. The molecule has 0 bridgehead atoms. The molecule has 1 aliphatic carbocycles. The predicted molar refractivity (Wildman–Crippen MR) is 202 cm³/mol. The van der Waals surface area contributed by atoms with Crippen molar-refractivity contribution in [3.8, 4) is 5.75 Å². The van der Waals surface area contributed by atoms with Crippen LogP contribution in [0.2, 0.25) is 0 Å². The number of aromatic hydroxyl groups is 1. The van der Waals surface area contributed by atoms with Crippen LogP contribution in [0, 0.1) is 0 Å². The SMILES string of the molecule is O=C1CCC(Nc2cccc(CN3CCN(C4CCN(c5ccc(C6c7ccc(O)cc7CCC6c6ccccc6)cc5)CC4)CC3)c2)C(=O)N1. The first-order valence-electron chi connectivity index (χ1n) is 18.8. The maximum absolute atomic E-state index is 12.2. The molecule has 3 saturated heterocycles. The van der Waals surface area contributed by atoms with Gasteiger partial charge in [0.2, 0.25) is 11.8 Å². The van der Waals surface area contributed by atoms with Crippen molar-refractivity contribution in [3.05, 3.63) is 125 Å². The third-order valence-corrected chi connectivity index (χ3v) is 11.7. The molecule has 264 valence electrons. The number of carbonyl (C=O) groups is 2. The summed E-state index contributed by atoms with van der Waals surface area (Å²) in [6.07, 6.45) is 5.34. The number of hydrogen-bond donors (Lipinski definition) is 3. The smallest absolute Gasteiger partial charge is 0.249 e. The number of fused-ring (bicyclic) bond motifs is 1. The van der Waals surface area contributed by atoms with Gasteiger partial charge in [0, 0.05) is 75.6 Å². The average molecular weight is 684 g/mol. The number of rotatable bonds is 8. The van der Waals surface area contributed by atoms with Crippen LogP contribution in [0.15, 0.2) is 97.1 Å². The molecule has 3 aliphatic heterocycles.